The van der Waals surface area contributed by atoms with Gasteiger partial charge in [-0.25, -0.2) is 4.79 Å². The molecule has 0 atom stereocenters. The highest BCUT2D eigenvalue weighted by Crippen LogP contribution is 2.25. The molecular formula is C19H18Cl2N2O3. The Morgan fingerprint density at radius 2 is 1.92 bits per heavy atom. The first-order valence-electron chi connectivity index (χ1n) is 8.03. The third-order valence-electron chi connectivity index (χ3n) is 4.14. The van der Waals surface area contributed by atoms with Gasteiger partial charge < -0.3 is 9.84 Å². The Hall–Kier alpha value is -2.08. The number of halogens is 2. The summed E-state index contributed by atoms with van der Waals surface area (Å²) in [5.74, 6) is -1.02. The standard InChI is InChI=1S/C19H18Cl2N2O3/c1-19(2,18(24)25)26-11-16-13-5-3-4-6-17(13)23(22-16)10-12-7-8-14(20)15(21)9-12/h3-9H,10-11H2,1-2H3,(H,24,25). The van der Waals surface area contributed by atoms with Gasteiger partial charge in [-0.05, 0) is 37.6 Å². The molecule has 3 rings (SSSR count). The second kappa shape index (κ2) is 7.27. The third kappa shape index (κ3) is 3.85. The maximum absolute atomic E-state index is 11.2. The maximum Gasteiger partial charge on any atom is 0.335 e. The van der Waals surface area contributed by atoms with E-state index in [1.54, 1.807) is 6.07 Å². The van der Waals surface area contributed by atoms with Crippen LogP contribution in [0.25, 0.3) is 10.9 Å². The molecule has 7 heteroatoms. The van der Waals surface area contributed by atoms with Crippen molar-refractivity contribution in [3.63, 3.8) is 0 Å². The number of rotatable bonds is 6. The van der Waals surface area contributed by atoms with Crippen LogP contribution in [0.5, 0.6) is 0 Å². The van der Waals surface area contributed by atoms with E-state index in [-0.39, 0.29) is 6.61 Å². The molecule has 1 aromatic heterocycles. The fourth-order valence-corrected chi connectivity index (χ4v) is 2.87. The fourth-order valence-electron chi connectivity index (χ4n) is 2.54. The fraction of sp³-hybridized carbons (Fsp3) is 0.263. The summed E-state index contributed by atoms with van der Waals surface area (Å²) in [5, 5.41) is 15.8. The van der Waals surface area contributed by atoms with Gasteiger partial charge in [-0.2, -0.15) is 5.10 Å². The van der Waals surface area contributed by atoms with Crippen LogP contribution in [-0.2, 0) is 22.7 Å². The molecule has 0 aliphatic rings. The first-order chi connectivity index (χ1) is 12.3. The van der Waals surface area contributed by atoms with Crippen LogP contribution in [0.1, 0.15) is 25.1 Å². The van der Waals surface area contributed by atoms with E-state index in [9.17, 15) is 9.90 Å². The first kappa shape index (κ1) is 18.7. The SMILES string of the molecule is CC(C)(OCc1nn(Cc2ccc(Cl)c(Cl)c2)c2ccccc12)C(=O)O. The summed E-state index contributed by atoms with van der Waals surface area (Å²) in [5.41, 5.74) is 1.31. The number of ether oxygens (including phenoxy) is 1. The number of carbonyl (C=O) groups is 1. The molecule has 5 nitrogen and oxygen atoms in total. The molecule has 3 aromatic rings. The minimum Gasteiger partial charge on any atom is -0.479 e. The van der Waals surface area contributed by atoms with E-state index >= 15 is 0 Å². The monoisotopic (exact) mass is 392 g/mol. The minimum atomic E-state index is -1.28. The van der Waals surface area contributed by atoms with Crippen LogP contribution in [0, 0.1) is 0 Å². The molecule has 1 N–H and O–H groups in total. The second-order valence-electron chi connectivity index (χ2n) is 6.47. The van der Waals surface area contributed by atoms with Crippen molar-refractivity contribution in [2.75, 3.05) is 0 Å². The quantitative estimate of drug-likeness (QED) is 0.655. The molecular weight excluding hydrogens is 375 g/mol. The number of fused-ring (bicyclic) bond motifs is 1. The van der Waals surface area contributed by atoms with E-state index in [2.05, 4.69) is 5.10 Å². The number of hydrogen-bond acceptors (Lipinski definition) is 3. The van der Waals surface area contributed by atoms with Crippen molar-refractivity contribution in [3.8, 4) is 0 Å². The molecule has 0 saturated carbocycles. The number of carboxylic acids is 1. The summed E-state index contributed by atoms with van der Waals surface area (Å²) in [7, 11) is 0. The average molecular weight is 393 g/mol. The lowest BCUT2D eigenvalue weighted by Gasteiger charge is -2.19. The molecule has 0 fully saturated rings. The normalized spacial score (nSPS) is 11.8. The van der Waals surface area contributed by atoms with Crippen molar-refractivity contribution in [1.82, 2.24) is 9.78 Å². The minimum absolute atomic E-state index is 0.105. The van der Waals surface area contributed by atoms with E-state index in [0.29, 0.717) is 22.3 Å². The lowest BCUT2D eigenvalue weighted by Crippen LogP contribution is -2.34. The summed E-state index contributed by atoms with van der Waals surface area (Å²) < 4.78 is 7.42. The Labute approximate surface area is 161 Å². The second-order valence-corrected chi connectivity index (χ2v) is 7.29. The van der Waals surface area contributed by atoms with E-state index in [1.165, 1.54) is 13.8 Å². The molecule has 0 radical (unpaired) electrons. The van der Waals surface area contributed by atoms with E-state index in [4.69, 9.17) is 27.9 Å². The summed E-state index contributed by atoms with van der Waals surface area (Å²) in [6, 6.07) is 13.2. The van der Waals surface area contributed by atoms with Crippen molar-refractivity contribution in [2.45, 2.75) is 32.6 Å². The number of carboxylic acid groups (broad SMARTS) is 1. The number of aliphatic carboxylic acids is 1. The van der Waals surface area contributed by atoms with E-state index < -0.39 is 11.6 Å². The Morgan fingerprint density at radius 1 is 1.19 bits per heavy atom. The number of para-hydroxylation sites is 1. The Morgan fingerprint density at radius 3 is 2.62 bits per heavy atom. The summed E-state index contributed by atoms with van der Waals surface area (Å²) in [4.78, 5) is 11.2. The van der Waals surface area contributed by atoms with Gasteiger partial charge in [0, 0.05) is 5.39 Å². The number of benzene rings is 2. The van der Waals surface area contributed by atoms with Crippen LogP contribution in [0.2, 0.25) is 10.0 Å². The molecule has 0 aliphatic heterocycles. The zero-order valence-corrected chi connectivity index (χ0v) is 15.9. The van der Waals surface area contributed by atoms with Gasteiger partial charge in [-0.1, -0.05) is 47.5 Å². The Kier molecular flexibility index (Phi) is 5.23. The molecule has 0 saturated heterocycles. The molecule has 0 bridgehead atoms. The van der Waals surface area contributed by atoms with Gasteiger partial charge in [0.25, 0.3) is 0 Å². The van der Waals surface area contributed by atoms with Crippen LogP contribution in [0.4, 0.5) is 0 Å². The molecule has 136 valence electrons. The Balaban J connectivity index is 1.92. The predicted octanol–water partition coefficient (Wildman–Crippen LogP) is 4.77. The highest BCUT2D eigenvalue weighted by Gasteiger charge is 2.28. The number of nitrogens with zero attached hydrogens (tertiary/aromatic N) is 2. The van der Waals surface area contributed by atoms with Gasteiger partial charge in [-0.15, -0.1) is 0 Å². The lowest BCUT2D eigenvalue weighted by atomic mass is 10.1. The van der Waals surface area contributed by atoms with Crippen molar-refractivity contribution in [1.29, 1.82) is 0 Å². The first-order valence-corrected chi connectivity index (χ1v) is 8.79. The summed E-state index contributed by atoms with van der Waals surface area (Å²) >= 11 is 12.1. The third-order valence-corrected chi connectivity index (χ3v) is 4.87. The van der Waals surface area contributed by atoms with Crippen LogP contribution in [0.3, 0.4) is 0 Å². The molecule has 1 heterocycles. The van der Waals surface area contributed by atoms with Gasteiger partial charge in [-0.3, -0.25) is 4.68 Å². The van der Waals surface area contributed by atoms with Gasteiger partial charge in [0.1, 0.15) is 0 Å². The average Bonchev–Trinajstić information content (AvgIpc) is 2.94. The lowest BCUT2D eigenvalue weighted by molar-refractivity contribution is -0.162. The molecule has 0 unspecified atom stereocenters. The van der Waals surface area contributed by atoms with Gasteiger partial charge in [0.2, 0.25) is 0 Å². The van der Waals surface area contributed by atoms with Gasteiger partial charge >= 0.3 is 5.97 Å². The van der Waals surface area contributed by atoms with Crippen LogP contribution in [0.15, 0.2) is 42.5 Å². The van der Waals surface area contributed by atoms with Crippen molar-refractivity contribution >= 4 is 40.1 Å². The zero-order valence-electron chi connectivity index (χ0n) is 14.4. The topological polar surface area (TPSA) is 64.4 Å². The maximum atomic E-state index is 11.2. The highest BCUT2D eigenvalue weighted by molar-refractivity contribution is 6.42. The van der Waals surface area contributed by atoms with Crippen LogP contribution in [-0.4, -0.2) is 26.5 Å². The van der Waals surface area contributed by atoms with Crippen LogP contribution < -0.4 is 0 Å². The number of hydrogen-bond donors (Lipinski definition) is 1. The predicted molar refractivity (Wildman–Crippen MR) is 102 cm³/mol. The largest absolute Gasteiger partial charge is 0.479 e. The van der Waals surface area contributed by atoms with Crippen molar-refractivity contribution in [2.24, 2.45) is 0 Å². The summed E-state index contributed by atoms with van der Waals surface area (Å²) in [6.07, 6.45) is 0. The molecule has 0 spiro atoms. The van der Waals surface area contributed by atoms with Gasteiger partial charge in [0.05, 0.1) is 34.4 Å². The zero-order chi connectivity index (χ0) is 18.9. The molecule has 2 aromatic carbocycles. The summed E-state index contributed by atoms with van der Waals surface area (Å²) in [6.45, 7) is 3.66. The van der Waals surface area contributed by atoms with Gasteiger partial charge in [0.15, 0.2) is 5.60 Å². The van der Waals surface area contributed by atoms with Crippen molar-refractivity contribution < 1.29 is 14.6 Å². The van der Waals surface area contributed by atoms with Crippen molar-refractivity contribution in [3.05, 3.63) is 63.8 Å². The molecule has 26 heavy (non-hydrogen) atoms. The smallest absolute Gasteiger partial charge is 0.335 e. The number of aromatic nitrogens is 2. The highest BCUT2D eigenvalue weighted by atomic mass is 35.5. The van der Waals surface area contributed by atoms with E-state index in [1.807, 2.05) is 41.1 Å². The molecule has 0 amide bonds. The molecule has 0 aliphatic carbocycles. The van der Waals surface area contributed by atoms with Crippen LogP contribution >= 0.6 is 23.2 Å². The Bertz CT molecular complexity index is 967. The van der Waals surface area contributed by atoms with E-state index in [0.717, 1.165) is 16.5 Å².